The number of rotatable bonds is 4. The molecular formula is C20H14F4N2O. The molecule has 27 heavy (non-hydrogen) atoms. The van der Waals surface area contributed by atoms with E-state index >= 15 is 0 Å². The van der Waals surface area contributed by atoms with Gasteiger partial charge in [-0.1, -0.05) is 30.3 Å². The molecule has 1 amide bonds. The highest BCUT2D eigenvalue weighted by Gasteiger charge is 2.31. The van der Waals surface area contributed by atoms with Gasteiger partial charge in [-0.05, 0) is 42.0 Å². The fraction of sp³-hybridized carbons (Fsp3) is 0.100. The normalized spacial score (nSPS) is 12.4. The largest absolute Gasteiger partial charge is 0.416 e. The highest BCUT2D eigenvalue weighted by molar-refractivity contribution is 5.94. The monoisotopic (exact) mass is 374 g/mol. The molecule has 0 spiro atoms. The van der Waals surface area contributed by atoms with Gasteiger partial charge in [0.05, 0.1) is 11.6 Å². The first kappa shape index (κ1) is 18.6. The third-order valence-corrected chi connectivity index (χ3v) is 3.94. The second-order valence-corrected chi connectivity index (χ2v) is 5.76. The summed E-state index contributed by atoms with van der Waals surface area (Å²) in [5.74, 6) is -1.17. The number of hydrogen-bond acceptors (Lipinski definition) is 2. The first-order valence-electron chi connectivity index (χ1n) is 8.00. The van der Waals surface area contributed by atoms with Crippen LogP contribution < -0.4 is 5.32 Å². The summed E-state index contributed by atoms with van der Waals surface area (Å²) in [5.41, 5.74) is -0.293. The van der Waals surface area contributed by atoms with Crippen molar-refractivity contribution in [2.75, 3.05) is 0 Å². The Bertz CT molecular complexity index is 925. The van der Waals surface area contributed by atoms with Crippen LogP contribution >= 0.6 is 0 Å². The summed E-state index contributed by atoms with van der Waals surface area (Å²) in [6.45, 7) is 0. The van der Waals surface area contributed by atoms with E-state index in [1.165, 1.54) is 30.5 Å². The third-order valence-electron chi connectivity index (χ3n) is 3.94. The van der Waals surface area contributed by atoms with Gasteiger partial charge in [-0.2, -0.15) is 13.2 Å². The number of benzene rings is 2. The van der Waals surface area contributed by atoms with Crippen LogP contribution in [-0.2, 0) is 6.18 Å². The molecule has 1 aromatic heterocycles. The molecule has 0 bridgehead atoms. The molecule has 1 heterocycles. The molecule has 1 unspecified atom stereocenters. The molecule has 7 heteroatoms. The minimum atomic E-state index is -4.49. The summed E-state index contributed by atoms with van der Waals surface area (Å²) >= 11 is 0. The Morgan fingerprint density at radius 1 is 0.926 bits per heavy atom. The molecule has 3 nitrogen and oxygen atoms in total. The molecule has 0 radical (unpaired) electrons. The quantitative estimate of drug-likeness (QED) is 0.669. The Balaban J connectivity index is 1.98. The van der Waals surface area contributed by atoms with Crippen LogP contribution in [0.5, 0.6) is 0 Å². The molecule has 0 aliphatic rings. The molecule has 0 saturated heterocycles. The number of amides is 1. The van der Waals surface area contributed by atoms with E-state index in [1.54, 1.807) is 30.3 Å². The predicted molar refractivity (Wildman–Crippen MR) is 91.4 cm³/mol. The van der Waals surface area contributed by atoms with Crippen LogP contribution in [0.1, 0.15) is 33.2 Å². The standard InChI is InChI=1S/C20H14F4N2O/c21-16-7-4-12-25-18(16)17(26-19(27)14-5-2-1-3-6-14)13-8-10-15(11-9-13)20(22,23)24/h1-12,17H,(H,26,27). The van der Waals surface area contributed by atoms with Crippen molar-refractivity contribution in [3.8, 4) is 0 Å². The number of hydrogen-bond donors (Lipinski definition) is 1. The van der Waals surface area contributed by atoms with Crippen molar-refractivity contribution in [3.63, 3.8) is 0 Å². The van der Waals surface area contributed by atoms with Gasteiger partial charge < -0.3 is 5.32 Å². The molecule has 1 atom stereocenters. The number of pyridine rings is 1. The fourth-order valence-corrected chi connectivity index (χ4v) is 2.59. The summed E-state index contributed by atoms with van der Waals surface area (Å²) in [4.78, 5) is 16.5. The maximum atomic E-state index is 14.3. The van der Waals surface area contributed by atoms with E-state index in [0.29, 0.717) is 5.56 Å². The zero-order valence-corrected chi connectivity index (χ0v) is 13.9. The molecule has 1 N–H and O–H groups in total. The molecule has 3 rings (SSSR count). The number of carbonyl (C=O) groups is 1. The van der Waals surface area contributed by atoms with Gasteiger partial charge >= 0.3 is 6.18 Å². The van der Waals surface area contributed by atoms with Crippen molar-refractivity contribution in [2.45, 2.75) is 12.2 Å². The van der Waals surface area contributed by atoms with Gasteiger partial charge in [-0.25, -0.2) is 4.39 Å². The van der Waals surface area contributed by atoms with Crippen LogP contribution in [0.2, 0.25) is 0 Å². The number of nitrogens with one attached hydrogen (secondary N) is 1. The number of carbonyl (C=O) groups excluding carboxylic acids is 1. The Hall–Kier alpha value is -3.22. The molecule has 0 fully saturated rings. The number of nitrogens with zero attached hydrogens (tertiary/aromatic N) is 1. The van der Waals surface area contributed by atoms with Gasteiger partial charge in [0.25, 0.3) is 5.91 Å². The summed E-state index contributed by atoms with van der Waals surface area (Å²) in [6.07, 6.45) is -3.14. The van der Waals surface area contributed by atoms with E-state index in [9.17, 15) is 22.4 Å². The number of alkyl halides is 3. The lowest BCUT2D eigenvalue weighted by molar-refractivity contribution is -0.137. The highest BCUT2D eigenvalue weighted by atomic mass is 19.4. The second-order valence-electron chi connectivity index (χ2n) is 5.76. The van der Waals surface area contributed by atoms with Gasteiger partial charge in [0, 0.05) is 11.8 Å². The van der Waals surface area contributed by atoms with Crippen molar-refractivity contribution in [1.29, 1.82) is 0 Å². The molecule has 0 aliphatic heterocycles. The van der Waals surface area contributed by atoms with Gasteiger partial charge in [0.1, 0.15) is 11.5 Å². The van der Waals surface area contributed by atoms with E-state index in [-0.39, 0.29) is 11.3 Å². The van der Waals surface area contributed by atoms with Crippen LogP contribution in [-0.4, -0.2) is 10.9 Å². The van der Waals surface area contributed by atoms with Crippen LogP contribution in [0, 0.1) is 5.82 Å². The summed E-state index contributed by atoms with van der Waals surface area (Å²) in [6, 6.07) is 13.9. The van der Waals surface area contributed by atoms with Gasteiger partial charge in [0.2, 0.25) is 0 Å². The van der Waals surface area contributed by atoms with E-state index in [1.807, 2.05) is 0 Å². The molecule has 0 saturated carbocycles. The first-order valence-corrected chi connectivity index (χ1v) is 8.00. The van der Waals surface area contributed by atoms with E-state index in [2.05, 4.69) is 10.3 Å². The molecule has 2 aromatic carbocycles. The van der Waals surface area contributed by atoms with Crippen molar-refractivity contribution in [3.05, 3.63) is 101 Å². The Kier molecular flexibility index (Phi) is 5.21. The summed E-state index contributed by atoms with van der Waals surface area (Å²) < 4.78 is 52.6. The van der Waals surface area contributed by atoms with Crippen LogP contribution in [0.3, 0.4) is 0 Å². The third kappa shape index (κ3) is 4.31. The maximum Gasteiger partial charge on any atom is 0.416 e. The highest BCUT2D eigenvalue weighted by Crippen LogP contribution is 2.31. The predicted octanol–water partition coefficient (Wildman–Crippen LogP) is 4.76. The van der Waals surface area contributed by atoms with Gasteiger partial charge in [0.15, 0.2) is 0 Å². The lowest BCUT2D eigenvalue weighted by atomic mass is 10.00. The Labute approximate surface area is 152 Å². The van der Waals surface area contributed by atoms with Crippen molar-refractivity contribution < 1.29 is 22.4 Å². The number of halogens is 4. The lowest BCUT2D eigenvalue weighted by Crippen LogP contribution is -2.30. The minimum Gasteiger partial charge on any atom is -0.339 e. The maximum absolute atomic E-state index is 14.3. The van der Waals surface area contributed by atoms with E-state index in [4.69, 9.17) is 0 Å². The topological polar surface area (TPSA) is 42.0 Å². The average molecular weight is 374 g/mol. The van der Waals surface area contributed by atoms with Crippen molar-refractivity contribution in [2.24, 2.45) is 0 Å². The SMILES string of the molecule is O=C(NC(c1ccc(C(F)(F)F)cc1)c1ncccc1F)c1ccccc1. The van der Waals surface area contributed by atoms with Gasteiger partial charge in [-0.3, -0.25) is 9.78 Å². The van der Waals surface area contributed by atoms with E-state index in [0.717, 1.165) is 12.1 Å². The minimum absolute atomic E-state index is 0.0819. The number of aromatic nitrogens is 1. The smallest absolute Gasteiger partial charge is 0.339 e. The summed E-state index contributed by atoms with van der Waals surface area (Å²) in [5, 5.41) is 2.64. The van der Waals surface area contributed by atoms with Crippen LogP contribution in [0.15, 0.2) is 72.9 Å². The molecule has 0 aliphatic carbocycles. The molecule has 3 aromatic rings. The van der Waals surface area contributed by atoms with Crippen LogP contribution in [0.25, 0.3) is 0 Å². The van der Waals surface area contributed by atoms with Crippen molar-refractivity contribution >= 4 is 5.91 Å². The Morgan fingerprint density at radius 2 is 1.59 bits per heavy atom. The van der Waals surface area contributed by atoms with Crippen LogP contribution in [0.4, 0.5) is 17.6 Å². The zero-order chi connectivity index (χ0) is 19.4. The Morgan fingerprint density at radius 3 is 2.19 bits per heavy atom. The van der Waals surface area contributed by atoms with Gasteiger partial charge in [-0.15, -0.1) is 0 Å². The molecule has 138 valence electrons. The lowest BCUT2D eigenvalue weighted by Gasteiger charge is -2.20. The molecular weight excluding hydrogens is 360 g/mol. The first-order chi connectivity index (χ1) is 12.9. The fourth-order valence-electron chi connectivity index (χ4n) is 2.59. The van der Waals surface area contributed by atoms with E-state index < -0.39 is 29.5 Å². The second kappa shape index (κ2) is 7.57. The summed E-state index contributed by atoms with van der Waals surface area (Å²) in [7, 11) is 0. The average Bonchev–Trinajstić information content (AvgIpc) is 2.67. The zero-order valence-electron chi connectivity index (χ0n) is 13.9. The van der Waals surface area contributed by atoms with Crippen molar-refractivity contribution in [1.82, 2.24) is 10.3 Å².